The maximum Gasteiger partial charge on any atom is 0.253 e. The van der Waals surface area contributed by atoms with E-state index in [4.69, 9.17) is 16.3 Å². The lowest BCUT2D eigenvalue weighted by molar-refractivity contribution is 0.0950. The Bertz CT molecular complexity index is 912. The van der Waals surface area contributed by atoms with Gasteiger partial charge in [0.25, 0.3) is 5.91 Å². The topological polar surface area (TPSA) is 63.2 Å². The van der Waals surface area contributed by atoms with Crippen LogP contribution in [0, 0.1) is 0 Å². The van der Waals surface area contributed by atoms with Crippen LogP contribution < -0.4 is 15.4 Å². The summed E-state index contributed by atoms with van der Waals surface area (Å²) in [6.45, 7) is 1.14. The van der Waals surface area contributed by atoms with Crippen molar-refractivity contribution in [3.05, 3.63) is 88.6 Å². The summed E-state index contributed by atoms with van der Waals surface area (Å²) in [6.07, 6.45) is 2.43. The highest BCUT2D eigenvalue weighted by Gasteiger charge is 2.08. The van der Waals surface area contributed by atoms with E-state index in [9.17, 15) is 4.79 Å². The number of aromatic nitrogens is 1. The Balaban J connectivity index is 1.49. The molecule has 3 rings (SSSR count). The maximum atomic E-state index is 12.3. The second kappa shape index (κ2) is 9.76. The highest BCUT2D eigenvalue weighted by Crippen LogP contribution is 2.17. The van der Waals surface area contributed by atoms with Crippen molar-refractivity contribution in [2.24, 2.45) is 0 Å². The number of carbonyl (C=O) groups excluding carboxylic acids is 1. The minimum Gasteiger partial charge on any atom is -0.496 e. The van der Waals surface area contributed by atoms with Gasteiger partial charge in [-0.05, 0) is 42.3 Å². The molecule has 5 nitrogen and oxygen atoms in total. The molecule has 0 fully saturated rings. The highest BCUT2D eigenvalue weighted by molar-refractivity contribution is 6.30. The van der Waals surface area contributed by atoms with Crippen molar-refractivity contribution in [3.8, 4) is 5.75 Å². The van der Waals surface area contributed by atoms with Gasteiger partial charge >= 0.3 is 0 Å². The molecular formula is C22H22ClN3O2. The molecule has 0 aliphatic rings. The number of para-hydroxylation sites is 1. The van der Waals surface area contributed by atoms with Gasteiger partial charge in [-0.25, -0.2) is 4.98 Å². The Hall–Kier alpha value is -3.05. The summed E-state index contributed by atoms with van der Waals surface area (Å²) in [4.78, 5) is 16.6. The molecule has 0 spiro atoms. The lowest BCUT2D eigenvalue weighted by Gasteiger charge is -2.10. The molecule has 0 aliphatic heterocycles. The Kier molecular flexibility index (Phi) is 6.87. The molecule has 0 aliphatic carbocycles. The van der Waals surface area contributed by atoms with E-state index < -0.39 is 0 Å². The summed E-state index contributed by atoms with van der Waals surface area (Å²) in [5, 5.41) is 6.88. The number of nitrogens with zero attached hydrogens (tertiary/aromatic N) is 1. The fourth-order valence-corrected chi connectivity index (χ4v) is 2.87. The summed E-state index contributed by atoms with van der Waals surface area (Å²) in [7, 11) is 1.61. The number of hydrogen-bond acceptors (Lipinski definition) is 4. The van der Waals surface area contributed by atoms with Crippen LogP contribution in [0.1, 0.15) is 21.5 Å². The lowest BCUT2D eigenvalue weighted by atomic mass is 10.1. The maximum absolute atomic E-state index is 12.3. The number of amides is 1. The average molecular weight is 396 g/mol. The molecule has 0 atom stereocenters. The van der Waals surface area contributed by atoms with Crippen LogP contribution >= 0.6 is 11.6 Å². The summed E-state index contributed by atoms with van der Waals surface area (Å²) in [5.41, 5.74) is 2.63. The van der Waals surface area contributed by atoms with Gasteiger partial charge in [0, 0.05) is 29.9 Å². The van der Waals surface area contributed by atoms with E-state index in [0.29, 0.717) is 12.1 Å². The van der Waals surface area contributed by atoms with E-state index >= 15 is 0 Å². The van der Waals surface area contributed by atoms with Crippen molar-refractivity contribution in [1.29, 1.82) is 0 Å². The molecule has 144 valence electrons. The van der Waals surface area contributed by atoms with Crippen LogP contribution in [0.3, 0.4) is 0 Å². The number of anilines is 1. The minimum absolute atomic E-state index is 0.175. The summed E-state index contributed by atoms with van der Waals surface area (Å²) in [5.74, 6) is 1.31. The number of hydrogen-bond donors (Lipinski definition) is 2. The van der Waals surface area contributed by atoms with E-state index in [2.05, 4.69) is 15.6 Å². The first-order valence-corrected chi connectivity index (χ1v) is 9.38. The Morgan fingerprint density at radius 1 is 1.07 bits per heavy atom. The number of carbonyl (C=O) groups is 1. The molecular weight excluding hydrogens is 374 g/mol. The second-order valence-electron chi connectivity index (χ2n) is 6.23. The lowest BCUT2D eigenvalue weighted by Crippen LogP contribution is -2.23. The third-order valence-electron chi connectivity index (χ3n) is 4.29. The second-order valence-corrected chi connectivity index (χ2v) is 6.67. The predicted molar refractivity (Wildman–Crippen MR) is 112 cm³/mol. The number of pyridine rings is 1. The van der Waals surface area contributed by atoms with E-state index in [1.54, 1.807) is 25.4 Å². The zero-order valence-corrected chi connectivity index (χ0v) is 16.4. The Morgan fingerprint density at radius 3 is 2.57 bits per heavy atom. The van der Waals surface area contributed by atoms with Crippen LogP contribution in [0.25, 0.3) is 0 Å². The van der Waals surface area contributed by atoms with E-state index in [0.717, 1.165) is 35.1 Å². The first kappa shape index (κ1) is 19.7. The predicted octanol–water partition coefficient (Wildman–Crippen LogP) is 4.33. The SMILES string of the molecule is COc1ccccc1CNC(=O)c1ccc(NCCc2ccc(Cl)cc2)nc1. The van der Waals surface area contributed by atoms with E-state index in [1.165, 1.54) is 5.56 Å². The fourth-order valence-electron chi connectivity index (χ4n) is 2.75. The zero-order chi connectivity index (χ0) is 19.8. The van der Waals surface area contributed by atoms with Crippen LogP contribution in [-0.4, -0.2) is 24.5 Å². The van der Waals surface area contributed by atoms with Crippen molar-refractivity contribution in [1.82, 2.24) is 10.3 Å². The van der Waals surface area contributed by atoms with Crippen LogP contribution in [0.5, 0.6) is 5.75 Å². The quantitative estimate of drug-likeness (QED) is 0.596. The number of methoxy groups -OCH3 is 1. The highest BCUT2D eigenvalue weighted by atomic mass is 35.5. The van der Waals surface area contributed by atoms with E-state index in [1.807, 2.05) is 48.5 Å². The van der Waals surface area contributed by atoms with Crippen molar-refractivity contribution in [2.45, 2.75) is 13.0 Å². The van der Waals surface area contributed by atoms with Gasteiger partial charge in [0.2, 0.25) is 0 Å². The molecule has 2 N–H and O–H groups in total. The first-order chi connectivity index (χ1) is 13.7. The summed E-state index contributed by atoms with van der Waals surface area (Å²) in [6, 6.07) is 18.9. The molecule has 1 aromatic heterocycles. The standard InChI is InChI=1S/C22H22ClN3O2/c1-28-20-5-3-2-4-17(20)14-26-22(27)18-8-11-21(25-15-18)24-13-12-16-6-9-19(23)10-7-16/h2-11,15H,12-14H2,1H3,(H,24,25)(H,26,27). The molecule has 0 unspecified atom stereocenters. The third-order valence-corrected chi connectivity index (χ3v) is 4.54. The third kappa shape index (κ3) is 5.47. The Morgan fingerprint density at radius 2 is 1.86 bits per heavy atom. The zero-order valence-electron chi connectivity index (χ0n) is 15.6. The van der Waals surface area contributed by atoms with E-state index in [-0.39, 0.29) is 5.91 Å². The molecule has 28 heavy (non-hydrogen) atoms. The number of halogens is 1. The van der Waals surface area contributed by atoms with Crippen LogP contribution in [0.15, 0.2) is 66.9 Å². The Labute approximate surface area is 169 Å². The molecule has 1 heterocycles. The van der Waals surface area contributed by atoms with Crippen molar-refractivity contribution in [2.75, 3.05) is 19.0 Å². The number of benzene rings is 2. The van der Waals surface area contributed by atoms with Crippen molar-refractivity contribution < 1.29 is 9.53 Å². The van der Waals surface area contributed by atoms with Gasteiger partial charge in [0.15, 0.2) is 0 Å². The largest absolute Gasteiger partial charge is 0.496 e. The average Bonchev–Trinajstić information content (AvgIpc) is 2.74. The molecule has 0 saturated heterocycles. The molecule has 0 bridgehead atoms. The van der Waals surface area contributed by atoms with Gasteiger partial charge in [-0.3, -0.25) is 4.79 Å². The molecule has 0 radical (unpaired) electrons. The van der Waals surface area contributed by atoms with Crippen molar-refractivity contribution in [3.63, 3.8) is 0 Å². The minimum atomic E-state index is -0.175. The molecule has 1 amide bonds. The van der Waals surface area contributed by atoms with Gasteiger partial charge in [-0.1, -0.05) is 41.9 Å². The monoisotopic (exact) mass is 395 g/mol. The molecule has 0 saturated carbocycles. The molecule has 3 aromatic rings. The summed E-state index contributed by atoms with van der Waals surface area (Å²) < 4.78 is 5.30. The van der Waals surface area contributed by atoms with Crippen LogP contribution in [-0.2, 0) is 13.0 Å². The van der Waals surface area contributed by atoms with Gasteiger partial charge in [-0.2, -0.15) is 0 Å². The number of rotatable bonds is 8. The van der Waals surface area contributed by atoms with Crippen LogP contribution in [0.2, 0.25) is 5.02 Å². The van der Waals surface area contributed by atoms with Crippen molar-refractivity contribution >= 4 is 23.3 Å². The molecule has 6 heteroatoms. The number of ether oxygens (including phenoxy) is 1. The molecule has 2 aromatic carbocycles. The summed E-state index contributed by atoms with van der Waals surface area (Å²) >= 11 is 5.89. The van der Waals surface area contributed by atoms with Gasteiger partial charge < -0.3 is 15.4 Å². The first-order valence-electron chi connectivity index (χ1n) is 9.00. The van der Waals surface area contributed by atoms with Gasteiger partial charge in [0.1, 0.15) is 11.6 Å². The normalized spacial score (nSPS) is 10.4. The van der Waals surface area contributed by atoms with Crippen LogP contribution in [0.4, 0.5) is 5.82 Å². The van der Waals surface area contributed by atoms with Gasteiger partial charge in [-0.15, -0.1) is 0 Å². The smallest absolute Gasteiger partial charge is 0.253 e. The fraction of sp³-hybridized carbons (Fsp3) is 0.182. The number of nitrogens with one attached hydrogen (secondary N) is 2. The van der Waals surface area contributed by atoms with Gasteiger partial charge in [0.05, 0.1) is 12.7 Å².